The van der Waals surface area contributed by atoms with Crippen molar-refractivity contribution >= 4 is 21.4 Å². The molecule has 4 nitrogen and oxygen atoms in total. The molecule has 0 fully saturated rings. The van der Waals surface area contributed by atoms with Gasteiger partial charge in [0.25, 0.3) is 10.0 Å². The van der Waals surface area contributed by atoms with Gasteiger partial charge in [0.2, 0.25) is 0 Å². The van der Waals surface area contributed by atoms with Crippen LogP contribution in [0.5, 0.6) is 0 Å². The first-order valence-corrected chi connectivity index (χ1v) is 7.43. The van der Waals surface area contributed by atoms with Gasteiger partial charge in [-0.15, -0.1) is 0 Å². The van der Waals surface area contributed by atoms with Gasteiger partial charge in [0.05, 0.1) is 10.6 Å². The number of anilines is 2. The van der Waals surface area contributed by atoms with Crippen molar-refractivity contribution in [1.82, 2.24) is 0 Å². The standard InChI is InChI=1S/C14H15FN2O2S/c1-9-6-7-13(11(15)8-9)17-20(18,19)14-5-3-4-12(16)10(14)2/h3-8,17H,16H2,1-2H3. The molecule has 6 heteroatoms. The summed E-state index contributed by atoms with van der Waals surface area (Å²) >= 11 is 0. The van der Waals surface area contributed by atoms with Crippen molar-refractivity contribution in [2.45, 2.75) is 18.7 Å². The zero-order chi connectivity index (χ0) is 14.9. The molecule has 0 unspecified atom stereocenters. The van der Waals surface area contributed by atoms with E-state index in [1.54, 1.807) is 32.0 Å². The van der Waals surface area contributed by atoms with Crippen LogP contribution in [0.25, 0.3) is 0 Å². The van der Waals surface area contributed by atoms with Crippen molar-refractivity contribution in [2.24, 2.45) is 0 Å². The van der Waals surface area contributed by atoms with Crippen molar-refractivity contribution in [2.75, 3.05) is 10.5 Å². The lowest BCUT2D eigenvalue weighted by Crippen LogP contribution is -2.15. The Morgan fingerprint density at radius 2 is 1.85 bits per heavy atom. The molecule has 0 saturated heterocycles. The maximum absolute atomic E-state index is 13.7. The van der Waals surface area contributed by atoms with Crippen LogP contribution in [0.4, 0.5) is 15.8 Å². The predicted octanol–water partition coefficient (Wildman–Crippen LogP) is 2.83. The van der Waals surface area contributed by atoms with E-state index < -0.39 is 15.8 Å². The first-order valence-electron chi connectivity index (χ1n) is 5.95. The van der Waals surface area contributed by atoms with Gasteiger partial charge < -0.3 is 5.73 Å². The van der Waals surface area contributed by atoms with E-state index in [0.29, 0.717) is 16.8 Å². The lowest BCUT2D eigenvalue weighted by molar-refractivity contribution is 0.598. The van der Waals surface area contributed by atoms with Crippen molar-refractivity contribution in [3.05, 3.63) is 53.3 Å². The molecule has 0 heterocycles. The maximum Gasteiger partial charge on any atom is 0.262 e. The van der Waals surface area contributed by atoms with Crippen molar-refractivity contribution < 1.29 is 12.8 Å². The summed E-state index contributed by atoms with van der Waals surface area (Å²) < 4.78 is 40.5. The molecular formula is C14H15FN2O2S. The van der Waals surface area contributed by atoms with Gasteiger partial charge in [0.15, 0.2) is 0 Å². The minimum absolute atomic E-state index is 0.0393. The molecular weight excluding hydrogens is 279 g/mol. The number of sulfonamides is 1. The summed E-state index contributed by atoms with van der Waals surface area (Å²) in [6, 6.07) is 8.88. The number of aryl methyl sites for hydroxylation is 1. The van der Waals surface area contributed by atoms with Crippen LogP contribution < -0.4 is 10.5 Å². The molecule has 3 N–H and O–H groups in total. The van der Waals surface area contributed by atoms with Crippen LogP contribution in [-0.4, -0.2) is 8.42 Å². The van der Waals surface area contributed by atoms with Crippen molar-refractivity contribution in [3.63, 3.8) is 0 Å². The average Bonchev–Trinajstić information content (AvgIpc) is 2.36. The Bertz CT molecular complexity index is 758. The molecule has 0 aliphatic heterocycles. The SMILES string of the molecule is Cc1ccc(NS(=O)(=O)c2cccc(N)c2C)c(F)c1. The number of rotatable bonds is 3. The number of benzene rings is 2. The van der Waals surface area contributed by atoms with Gasteiger partial charge in [-0.2, -0.15) is 0 Å². The minimum atomic E-state index is -3.87. The molecule has 0 spiro atoms. The third-order valence-electron chi connectivity index (χ3n) is 2.98. The van der Waals surface area contributed by atoms with Gasteiger partial charge in [-0.3, -0.25) is 4.72 Å². The molecule has 2 aromatic carbocycles. The normalized spacial score (nSPS) is 11.3. The highest BCUT2D eigenvalue weighted by molar-refractivity contribution is 7.92. The van der Waals surface area contributed by atoms with E-state index in [-0.39, 0.29) is 10.6 Å². The molecule has 0 aliphatic carbocycles. The molecule has 20 heavy (non-hydrogen) atoms. The van der Waals surface area contributed by atoms with Crippen LogP contribution in [0, 0.1) is 19.7 Å². The second-order valence-corrected chi connectivity index (χ2v) is 6.21. The van der Waals surface area contributed by atoms with Gasteiger partial charge >= 0.3 is 0 Å². The highest BCUT2D eigenvalue weighted by Crippen LogP contribution is 2.24. The molecule has 0 atom stereocenters. The fourth-order valence-corrected chi connectivity index (χ4v) is 3.17. The highest BCUT2D eigenvalue weighted by Gasteiger charge is 2.19. The van der Waals surface area contributed by atoms with Crippen LogP contribution in [0.3, 0.4) is 0 Å². The summed E-state index contributed by atoms with van der Waals surface area (Å²) in [4.78, 5) is 0.0393. The zero-order valence-corrected chi connectivity index (χ0v) is 12.0. The number of hydrogen-bond donors (Lipinski definition) is 2. The molecule has 0 aliphatic rings. The van der Waals surface area contributed by atoms with Crippen LogP contribution in [-0.2, 0) is 10.0 Å². The summed E-state index contributed by atoms with van der Waals surface area (Å²) in [6.07, 6.45) is 0. The number of nitrogens with one attached hydrogen (secondary N) is 1. The Morgan fingerprint density at radius 3 is 2.50 bits per heavy atom. The Morgan fingerprint density at radius 1 is 1.15 bits per heavy atom. The van der Waals surface area contributed by atoms with E-state index in [1.165, 1.54) is 18.2 Å². The van der Waals surface area contributed by atoms with Gasteiger partial charge in [-0.25, -0.2) is 12.8 Å². The highest BCUT2D eigenvalue weighted by atomic mass is 32.2. The van der Waals surface area contributed by atoms with Crippen LogP contribution >= 0.6 is 0 Å². The monoisotopic (exact) mass is 294 g/mol. The first kappa shape index (κ1) is 14.3. The molecule has 0 radical (unpaired) electrons. The maximum atomic E-state index is 13.7. The van der Waals surface area contributed by atoms with Gasteiger partial charge in [0.1, 0.15) is 5.82 Å². The second-order valence-electron chi connectivity index (χ2n) is 4.56. The lowest BCUT2D eigenvalue weighted by atomic mass is 10.2. The second kappa shape index (κ2) is 5.13. The summed E-state index contributed by atoms with van der Waals surface area (Å²) in [7, 11) is -3.87. The van der Waals surface area contributed by atoms with Gasteiger partial charge in [-0.05, 0) is 49.2 Å². The third kappa shape index (κ3) is 2.75. The Labute approximate surface area is 117 Å². The summed E-state index contributed by atoms with van der Waals surface area (Å²) in [5, 5.41) is 0. The predicted molar refractivity (Wildman–Crippen MR) is 77.5 cm³/mol. The van der Waals surface area contributed by atoms with E-state index in [1.807, 2.05) is 0 Å². The number of halogens is 1. The Balaban J connectivity index is 2.44. The van der Waals surface area contributed by atoms with Crippen molar-refractivity contribution in [1.29, 1.82) is 0 Å². The van der Waals surface area contributed by atoms with E-state index in [0.717, 1.165) is 0 Å². The van der Waals surface area contributed by atoms with E-state index in [9.17, 15) is 12.8 Å². The quantitative estimate of drug-likeness (QED) is 0.855. The molecule has 0 amide bonds. The summed E-state index contributed by atoms with van der Waals surface area (Å²) in [6.45, 7) is 3.33. The van der Waals surface area contributed by atoms with E-state index >= 15 is 0 Å². The van der Waals surface area contributed by atoms with Gasteiger partial charge in [-0.1, -0.05) is 12.1 Å². The van der Waals surface area contributed by atoms with Crippen LogP contribution in [0.2, 0.25) is 0 Å². The van der Waals surface area contributed by atoms with E-state index in [2.05, 4.69) is 4.72 Å². The number of hydrogen-bond acceptors (Lipinski definition) is 3. The molecule has 2 aromatic rings. The molecule has 0 bridgehead atoms. The van der Waals surface area contributed by atoms with E-state index in [4.69, 9.17) is 5.73 Å². The topological polar surface area (TPSA) is 72.2 Å². The number of nitrogens with two attached hydrogens (primary N) is 1. The van der Waals surface area contributed by atoms with Crippen LogP contribution in [0.15, 0.2) is 41.3 Å². The first-order chi connectivity index (χ1) is 9.31. The smallest absolute Gasteiger partial charge is 0.262 e. The summed E-state index contributed by atoms with van der Waals surface area (Å²) in [5.41, 5.74) is 7.13. The van der Waals surface area contributed by atoms with Gasteiger partial charge in [0, 0.05) is 5.69 Å². The zero-order valence-electron chi connectivity index (χ0n) is 11.1. The fraction of sp³-hybridized carbons (Fsp3) is 0.143. The Hall–Kier alpha value is -2.08. The largest absolute Gasteiger partial charge is 0.398 e. The molecule has 0 aromatic heterocycles. The average molecular weight is 294 g/mol. The molecule has 0 saturated carbocycles. The Kier molecular flexibility index (Phi) is 3.67. The fourth-order valence-electron chi connectivity index (χ4n) is 1.83. The van der Waals surface area contributed by atoms with Crippen LogP contribution in [0.1, 0.15) is 11.1 Å². The number of nitrogen functional groups attached to an aromatic ring is 1. The summed E-state index contributed by atoms with van der Waals surface area (Å²) in [5.74, 6) is -0.616. The molecule has 2 rings (SSSR count). The minimum Gasteiger partial charge on any atom is -0.398 e. The molecule has 106 valence electrons. The third-order valence-corrected chi connectivity index (χ3v) is 4.49. The lowest BCUT2D eigenvalue weighted by Gasteiger charge is -2.12. The van der Waals surface area contributed by atoms with Crippen molar-refractivity contribution in [3.8, 4) is 0 Å².